The van der Waals surface area contributed by atoms with Crippen LogP contribution in [0.2, 0.25) is 0 Å². The number of pyridine rings is 1. The van der Waals surface area contributed by atoms with E-state index in [0.717, 1.165) is 16.7 Å². The summed E-state index contributed by atoms with van der Waals surface area (Å²) in [6, 6.07) is 9.56. The van der Waals surface area contributed by atoms with Crippen LogP contribution in [0.5, 0.6) is 0 Å². The highest BCUT2D eigenvalue weighted by Gasteiger charge is 2.17. The lowest BCUT2D eigenvalue weighted by Gasteiger charge is -2.22. The molecular formula is C19H23NO2. The molecule has 0 aliphatic carbocycles. The fourth-order valence-electron chi connectivity index (χ4n) is 2.35. The summed E-state index contributed by atoms with van der Waals surface area (Å²) in [6.07, 6.45) is 1.59. The number of aryl methyl sites for hydroxylation is 2. The number of hydrogen-bond acceptors (Lipinski definition) is 3. The first-order valence-corrected chi connectivity index (χ1v) is 7.48. The van der Waals surface area contributed by atoms with E-state index in [1.807, 2.05) is 0 Å². The summed E-state index contributed by atoms with van der Waals surface area (Å²) in [6.45, 7) is 11.0. The Labute approximate surface area is 132 Å². The summed E-state index contributed by atoms with van der Waals surface area (Å²) in [4.78, 5) is 16.0. The Morgan fingerprint density at radius 1 is 1.14 bits per heavy atom. The molecule has 0 atom stereocenters. The monoisotopic (exact) mass is 297 g/mol. The zero-order valence-electron chi connectivity index (χ0n) is 13.9. The van der Waals surface area contributed by atoms with Crippen LogP contribution < -0.4 is 0 Å². The van der Waals surface area contributed by atoms with Crippen LogP contribution in [0, 0.1) is 13.8 Å². The summed E-state index contributed by atoms with van der Waals surface area (Å²) in [5.41, 5.74) is 5.11. The maximum Gasteiger partial charge on any atom is 0.357 e. The van der Waals surface area contributed by atoms with E-state index in [9.17, 15) is 4.79 Å². The summed E-state index contributed by atoms with van der Waals surface area (Å²) in [5.74, 6) is -0.390. The van der Waals surface area contributed by atoms with E-state index < -0.39 is 0 Å². The minimum atomic E-state index is -0.390. The summed E-state index contributed by atoms with van der Waals surface area (Å²) < 4.78 is 5.40. The van der Waals surface area contributed by atoms with E-state index in [0.29, 0.717) is 5.69 Å². The van der Waals surface area contributed by atoms with Crippen LogP contribution in [-0.4, -0.2) is 11.0 Å². The predicted molar refractivity (Wildman–Crippen MR) is 88.0 cm³/mol. The summed E-state index contributed by atoms with van der Waals surface area (Å²) in [7, 11) is 0. The highest BCUT2D eigenvalue weighted by Crippen LogP contribution is 2.27. The Hall–Kier alpha value is -2.16. The SMILES string of the molecule is Cc1cc(C(C)(C)C)cc(C)c1COC(=O)c1ccccn1. The van der Waals surface area contributed by atoms with Crippen LogP contribution in [0.3, 0.4) is 0 Å². The highest BCUT2D eigenvalue weighted by atomic mass is 16.5. The molecule has 3 nitrogen and oxygen atoms in total. The molecule has 0 aliphatic heterocycles. The summed E-state index contributed by atoms with van der Waals surface area (Å²) in [5, 5.41) is 0. The van der Waals surface area contributed by atoms with Gasteiger partial charge in [0.05, 0.1) is 0 Å². The lowest BCUT2D eigenvalue weighted by atomic mass is 9.84. The largest absolute Gasteiger partial charge is 0.456 e. The molecule has 0 N–H and O–H groups in total. The molecule has 0 aliphatic rings. The van der Waals surface area contributed by atoms with Crippen molar-refractivity contribution in [3.8, 4) is 0 Å². The normalized spacial score (nSPS) is 11.3. The number of nitrogens with zero attached hydrogens (tertiary/aromatic N) is 1. The molecule has 0 spiro atoms. The maximum absolute atomic E-state index is 12.0. The van der Waals surface area contributed by atoms with Crippen molar-refractivity contribution in [1.82, 2.24) is 4.98 Å². The average Bonchev–Trinajstić information content (AvgIpc) is 2.46. The number of aromatic nitrogens is 1. The first-order chi connectivity index (χ1) is 10.3. The molecule has 1 aromatic carbocycles. The Morgan fingerprint density at radius 2 is 1.77 bits per heavy atom. The Morgan fingerprint density at radius 3 is 2.27 bits per heavy atom. The van der Waals surface area contributed by atoms with E-state index in [-0.39, 0.29) is 18.0 Å². The van der Waals surface area contributed by atoms with Crippen molar-refractivity contribution in [2.75, 3.05) is 0 Å². The Bertz CT molecular complexity index is 647. The smallest absolute Gasteiger partial charge is 0.357 e. The van der Waals surface area contributed by atoms with E-state index in [2.05, 4.69) is 51.7 Å². The van der Waals surface area contributed by atoms with Gasteiger partial charge in [0.2, 0.25) is 0 Å². The lowest BCUT2D eigenvalue weighted by Crippen LogP contribution is -2.13. The molecule has 0 unspecified atom stereocenters. The molecule has 2 rings (SSSR count). The second-order valence-electron chi connectivity index (χ2n) is 6.63. The van der Waals surface area contributed by atoms with Crippen molar-refractivity contribution in [2.24, 2.45) is 0 Å². The molecule has 1 heterocycles. The lowest BCUT2D eigenvalue weighted by molar-refractivity contribution is 0.0464. The molecule has 0 saturated heterocycles. The van der Waals surface area contributed by atoms with Gasteiger partial charge in [-0.15, -0.1) is 0 Å². The van der Waals surface area contributed by atoms with Crippen molar-refractivity contribution in [3.63, 3.8) is 0 Å². The highest BCUT2D eigenvalue weighted by molar-refractivity contribution is 5.87. The first-order valence-electron chi connectivity index (χ1n) is 7.48. The molecule has 0 bridgehead atoms. The van der Waals surface area contributed by atoms with Crippen LogP contribution >= 0.6 is 0 Å². The fraction of sp³-hybridized carbons (Fsp3) is 0.368. The van der Waals surface area contributed by atoms with Gasteiger partial charge < -0.3 is 4.74 Å². The van der Waals surface area contributed by atoms with Gasteiger partial charge in [-0.1, -0.05) is 39.0 Å². The Kier molecular flexibility index (Phi) is 4.65. The van der Waals surface area contributed by atoms with Gasteiger partial charge in [-0.05, 0) is 53.6 Å². The van der Waals surface area contributed by atoms with Gasteiger partial charge >= 0.3 is 5.97 Å². The topological polar surface area (TPSA) is 39.2 Å². The minimum Gasteiger partial charge on any atom is -0.456 e. The van der Waals surface area contributed by atoms with Crippen LogP contribution in [0.25, 0.3) is 0 Å². The summed E-state index contributed by atoms with van der Waals surface area (Å²) >= 11 is 0. The third-order valence-electron chi connectivity index (χ3n) is 3.78. The van der Waals surface area contributed by atoms with Crippen molar-refractivity contribution < 1.29 is 9.53 Å². The van der Waals surface area contributed by atoms with Gasteiger partial charge in [-0.2, -0.15) is 0 Å². The van der Waals surface area contributed by atoms with Gasteiger partial charge in [-0.3, -0.25) is 0 Å². The van der Waals surface area contributed by atoms with Crippen molar-refractivity contribution >= 4 is 5.97 Å². The van der Waals surface area contributed by atoms with Gasteiger partial charge in [0.1, 0.15) is 12.3 Å². The third kappa shape index (κ3) is 3.73. The Balaban J connectivity index is 2.16. The van der Waals surface area contributed by atoms with E-state index in [4.69, 9.17) is 4.74 Å². The minimum absolute atomic E-state index is 0.110. The molecule has 0 radical (unpaired) electrons. The first kappa shape index (κ1) is 16.2. The predicted octanol–water partition coefficient (Wildman–Crippen LogP) is 4.35. The molecule has 22 heavy (non-hydrogen) atoms. The number of rotatable bonds is 3. The van der Waals surface area contributed by atoms with Gasteiger partial charge in [-0.25, -0.2) is 9.78 Å². The second kappa shape index (κ2) is 6.30. The quantitative estimate of drug-likeness (QED) is 0.790. The zero-order chi connectivity index (χ0) is 16.3. The molecule has 116 valence electrons. The maximum atomic E-state index is 12.0. The molecule has 0 saturated carbocycles. The van der Waals surface area contributed by atoms with Crippen LogP contribution in [0.4, 0.5) is 0 Å². The molecule has 2 aromatic rings. The average molecular weight is 297 g/mol. The van der Waals surface area contributed by atoms with Crippen LogP contribution in [0.15, 0.2) is 36.5 Å². The number of carbonyl (C=O) groups excluding carboxylic acids is 1. The molecular weight excluding hydrogens is 274 g/mol. The second-order valence-corrected chi connectivity index (χ2v) is 6.63. The van der Waals surface area contributed by atoms with E-state index in [1.54, 1.807) is 24.4 Å². The standard InChI is InChI=1S/C19H23NO2/c1-13-10-15(19(3,4)5)11-14(2)16(13)12-22-18(21)17-8-6-7-9-20-17/h6-11H,12H2,1-5H3. The van der Waals surface area contributed by atoms with Crippen molar-refractivity contribution in [2.45, 2.75) is 46.6 Å². The zero-order valence-corrected chi connectivity index (χ0v) is 13.9. The third-order valence-corrected chi connectivity index (χ3v) is 3.78. The fourth-order valence-corrected chi connectivity index (χ4v) is 2.35. The number of esters is 1. The van der Waals surface area contributed by atoms with E-state index >= 15 is 0 Å². The van der Waals surface area contributed by atoms with E-state index in [1.165, 1.54) is 5.56 Å². The number of benzene rings is 1. The van der Waals surface area contributed by atoms with Gasteiger partial charge in [0.15, 0.2) is 0 Å². The number of ether oxygens (including phenoxy) is 1. The van der Waals surface area contributed by atoms with Crippen molar-refractivity contribution in [3.05, 3.63) is 64.5 Å². The van der Waals surface area contributed by atoms with Gasteiger partial charge in [0.25, 0.3) is 0 Å². The molecule has 3 heteroatoms. The van der Waals surface area contributed by atoms with Crippen LogP contribution in [0.1, 0.15) is 53.5 Å². The molecule has 0 amide bonds. The van der Waals surface area contributed by atoms with Gasteiger partial charge in [0, 0.05) is 6.20 Å². The molecule has 1 aromatic heterocycles. The van der Waals surface area contributed by atoms with Crippen molar-refractivity contribution in [1.29, 1.82) is 0 Å². The van der Waals surface area contributed by atoms with Crippen LogP contribution in [-0.2, 0) is 16.8 Å². The molecule has 0 fully saturated rings. The number of carbonyl (C=O) groups is 1. The number of hydrogen-bond donors (Lipinski definition) is 0.